The third-order valence-corrected chi connectivity index (χ3v) is 5.18. The molecule has 2 bridgehead atoms. The first kappa shape index (κ1) is 16.0. The number of nitrogens with one attached hydrogen (secondary N) is 2. The van der Waals surface area contributed by atoms with Crippen molar-refractivity contribution in [1.82, 2.24) is 20.2 Å². The van der Waals surface area contributed by atoms with E-state index in [4.69, 9.17) is 0 Å². The number of amides is 1. The van der Waals surface area contributed by atoms with Gasteiger partial charge in [-0.15, -0.1) is 0 Å². The van der Waals surface area contributed by atoms with Gasteiger partial charge in [0.2, 0.25) is 0 Å². The van der Waals surface area contributed by atoms with Crippen molar-refractivity contribution in [2.75, 3.05) is 19.6 Å². The molecule has 130 valence electrons. The molecule has 0 aliphatic carbocycles. The third kappa shape index (κ3) is 3.22. The van der Waals surface area contributed by atoms with Gasteiger partial charge >= 0.3 is 0 Å². The van der Waals surface area contributed by atoms with Crippen molar-refractivity contribution in [3.63, 3.8) is 0 Å². The molecular formula is C19H22N4O2. The summed E-state index contributed by atoms with van der Waals surface area (Å²) >= 11 is 0. The van der Waals surface area contributed by atoms with Gasteiger partial charge in [-0.2, -0.15) is 0 Å². The van der Waals surface area contributed by atoms with E-state index in [1.165, 1.54) is 0 Å². The lowest BCUT2D eigenvalue weighted by atomic mass is 9.84. The Morgan fingerprint density at radius 1 is 1.32 bits per heavy atom. The van der Waals surface area contributed by atoms with Gasteiger partial charge < -0.3 is 15.2 Å². The maximum absolute atomic E-state index is 12.8. The largest absolute Gasteiger partial charge is 0.352 e. The van der Waals surface area contributed by atoms with Crippen LogP contribution in [0.5, 0.6) is 0 Å². The van der Waals surface area contributed by atoms with Crippen LogP contribution in [0, 0.1) is 5.92 Å². The van der Waals surface area contributed by atoms with E-state index in [9.17, 15) is 9.59 Å². The number of hydrogen-bond donors (Lipinski definition) is 2. The van der Waals surface area contributed by atoms with Gasteiger partial charge in [0.25, 0.3) is 11.5 Å². The SMILES string of the molecule is O=C(NCCc1cccnc1)c1ccc2n(c1=O)C[C@@H]1CNC[C@H]2C1. The fourth-order valence-electron chi connectivity index (χ4n) is 3.93. The van der Waals surface area contributed by atoms with Crippen LogP contribution in [-0.2, 0) is 13.0 Å². The van der Waals surface area contributed by atoms with E-state index < -0.39 is 0 Å². The summed E-state index contributed by atoms with van der Waals surface area (Å²) in [5.74, 6) is 0.564. The second kappa shape index (κ2) is 6.80. The van der Waals surface area contributed by atoms with E-state index in [-0.39, 0.29) is 17.0 Å². The van der Waals surface area contributed by atoms with Crippen molar-refractivity contribution in [1.29, 1.82) is 0 Å². The molecule has 2 atom stereocenters. The molecule has 2 aliphatic rings. The van der Waals surface area contributed by atoms with Crippen LogP contribution in [0.4, 0.5) is 0 Å². The summed E-state index contributed by atoms with van der Waals surface area (Å²) in [4.78, 5) is 29.3. The molecule has 2 aliphatic heterocycles. The predicted octanol–water partition coefficient (Wildman–Crippen LogP) is 0.922. The van der Waals surface area contributed by atoms with E-state index >= 15 is 0 Å². The summed E-state index contributed by atoms with van der Waals surface area (Å²) in [6.45, 7) is 3.05. The second-order valence-electron chi connectivity index (χ2n) is 6.91. The van der Waals surface area contributed by atoms with Gasteiger partial charge in [0, 0.05) is 43.6 Å². The number of piperidine rings is 1. The van der Waals surface area contributed by atoms with E-state index in [2.05, 4.69) is 15.6 Å². The highest BCUT2D eigenvalue weighted by Crippen LogP contribution is 2.31. The summed E-state index contributed by atoms with van der Waals surface area (Å²) < 4.78 is 1.82. The first-order valence-corrected chi connectivity index (χ1v) is 8.84. The molecule has 0 saturated carbocycles. The average Bonchev–Trinajstić information content (AvgIpc) is 2.64. The standard InChI is InChI=1S/C19H22N4O2/c24-18(22-7-5-13-2-1-6-20-9-13)16-3-4-17-15-8-14(10-21-11-15)12-23(17)19(16)25/h1-4,6,9,14-15,21H,5,7-8,10-12H2,(H,22,24)/t14-,15+/m0/s1. The Bertz CT molecular complexity index is 831. The summed E-state index contributed by atoms with van der Waals surface area (Å²) in [5, 5.41) is 6.28. The Morgan fingerprint density at radius 3 is 3.08 bits per heavy atom. The topological polar surface area (TPSA) is 76.0 Å². The van der Waals surface area contributed by atoms with E-state index in [0.29, 0.717) is 31.3 Å². The van der Waals surface area contributed by atoms with Crippen molar-refractivity contribution in [2.45, 2.75) is 25.3 Å². The summed E-state index contributed by atoms with van der Waals surface area (Å²) in [6.07, 6.45) is 5.33. The molecule has 2 aromatic rings. The first-order chi connectivity index (χ1) is 12.2. The van der Waals surface area contributed by atoms with Crippen LogP contribution in [0.3, 0.4) is 0 Å². The molecule has 2 aromatic heterocycles. The lowest BCUT2D eigenvalue weighted by Crippen LogP contribution is -2.46. The van der Waals surface area contributed by atoms with Gasteiger partial charge in [-0.05, 0) is 49.1 Å². The van der Waals surface area contributed by atoms with Crippen LogP contribution in [0.2, 0.25) is 0 Å². The number of carbonyl (C=O) groups excluding carboxylic acids is 1. The maximum Gasteiger partial charge on any atom is 0.263 e. The zero-order chi connectivity index (χ0) is 17.2. The molecule has 4 heterocycles. The monoisotopic (exact) mass is 338 g/mol. The lowest BCUT2D eigenvalue weighted by Gasteiger charge is -2.37. The minimum absolute atomic E-state index is 0.159. The minimum atomic E-state index is -0.293. The molecule has 2 N–H and O–H groups in total. The van der Waals surface area contributed by atoms with Crippen LogP contribution in [-0.4, -0.2) is 35.1 Å². The highest BCUT2D eigenvalue weighted by Gasteiger charge is 2.31. The number of aromatic nitrogens is 2. The van der Waals surface area contributed by atoms with Gasteiger partial charge in [0.15, 0.2) is 0 Å². The van der Waals surface area contributed by atoms with Crippen molar-refractivity contribution in [3.05, 3.63) is 63.8 Å². The quantitative estimate of drug-likeness (QED) is 0.869. The highest BCUT2D eigenvalue weighted by atomic mass is 16.2. The van der Waals surface area contributed by atoms with E-state index in [1.807, 2.05) is 22.8 Å². The molecule has 1 fully saturated rings. The number of carbonyl (C=O) groups is 1. The normalized spacial score (nSPS) is 21.4. The molecule has 6 heteroatoms. The molecule has 0 unspecified atom stereocenters. The van der Waals surface area contributed by atoms with Crippen molar-refractivity contribution in [2.24, 2.45) is 5.92 Å². The van der Waals surface area contributed by atoms with Crippen LogP contribution < -0.4 is 16.2 Å². The van der Waals surface area contributed by atoms with E-state index in [0.717, 1.165) is 30.8 Å². The number of hydrogen-bond acceptors (Lipinski definition) is 4. The summed E-state index contributed by atoms with van der Waals surface area (Å²) in [6, 6.07) is 7.48. The molecular weight excluding hydrogens is 316 g/mol. The van der Waals surface area contributed by atoms with E-state index in [1.54, 1.807) is 18.5 Å². The van der Waals surface area contributed by atoms with Crippen molar-refractivity contribution >= 4 is 5.91 Å². The fourth-order valence-corrected chi connectivity index (χ4v) is 3.93. The van der Waals surface area contributed by atoms with Crippen molar-refractivity contribution < 1.29 is 4.79 Å². The summed E-state index contributed by atoms with van der Waals surface area (Å²) in [7, 11) is 0. The van der Waals surface area contributed by atoms with Gasteiger partial charge in [-0.1, -0.05) is 6.07 Å². The van der Waals surface area contributed by atoms with Gasteiger partial charge in [0.05, 0.1) is 0 Å². The molecule has 1 saturated heterocycles. The number of pyridine rings is 2. The first-order valence-electron chi connectivity index (χ1n) is 8.84. The van der Waals surface area contributed by atoms with Gasteiger partial charge in [-0.25, -0.2) is 0 Å². The Kier molecular flexibility index (Phi) is 4.36. The maximum atomic E-state index is 12.8. The minimum Gasteiger partial charge on any atom is -0.352 e. The molecule has 1 amide bonds. The van der Waals surface area contributed by atoms with Crippen molar-refractivity contribution in [3.8, 4) is 0 Å². The number of rotatable bonds is 4. The molecule has 0 aromatic carbocycles. The summed E-state index contributed by atoms with van der Waals surface area (Å²) in [5.41, 5.74) is 2.20. The average molecular weight is 338 g/mol. The fraction of sp³-hybridized carbons (Fsp3) is 0.421. The molecule has 4 rings (SSSR count). The molecule has 0 radical (unpaired) electrons. The molecule has 0 spiro atoms. The highest BCUT2D eigenvalue weighted by molar-refractivity contribution is 5.93. The Balaban J connectivity index is 1.48. The van der Waals surface area contributed by atoms with Crippen LogP contribution in [0.15, 0.2) is 41.5 Å². The number of nitrogens with zero attached hydrogens (tertiary/aromatic N) is 2. The Labute approximate surface area is 146 Å². The Hall–Kier alpha value is -2.47. The van der Waals surface area contributed by atoms with Crippen LogP contribution >= 0.6 is 0 Å². The third-order valence-electron chi connectivity index (χ3n) is 5.18. The van der Waals surface area contributed by atoms with Gasteiger partial charge in [-0.3, -0.25) is 14.6 Å². The molecule has 6 nitrogen and oxygen atoms in total. The zero-order valence-corrected chi connectivity index (χ0v) is 14.1. The number of fused-ring (bicyclic) bond motifs is 4. The lowest BCUT2D eigenvalue weighted by molar-refractivity contribution is 0.0951. The van der Waals surface area contributed by atoms with Gasteiger partial charge in [0.1, 0.15) is 5.56 Å². The Morgan fingerprint density at radius 2 is 2.24 bits per heavy atom. The molecule has 25 heavy (non-hydrogen) atoms. The second-order valence-corrected chi connectivity index (χ2v) is 6.91. The smallest absolute Gasteiger partial charge is 0.263 e. The van der Waals surface area contributed by atoms with Crippen LogP contribution in [0.1, 0.15) is 34.0 Å². The zero-order valence-electron chi connectivity index (χ0n) is 14.1. The predicted molar refractivity (Wildman–Crippen MR) is 94.7 cm³/mol. The van der Waals surface area contributed by atoms with Crippen LogP contribution in [0.25, 0.3) is 0 Å².